The van der Waals surface area contributed by atoms with E-state index in [0.717, 1.165) is 11.4 Å². The van der Waals surface area contributed by atoms with Gasteiger partial charge in [0.1, 0.15) is 6.10 Å². The summed E-state index contributed by atoms with van der Waals surface area (Å²) in [6, 6.07) is 7.77. The first-order valence-corrected chi connectivity index (χ1v) is 7.70. The fraction of sp³-hybridized carbons (Fsp3) is 0.438. The number of benzene rings is 1. The van der Waals surface area contributed by atoms with E-state index in [4.69, 9.17) is 21.1 Å². The van der Waals surface area contributed by atoms with Gasteiger partial charge in [0.15, 0.2) is 5.79 Å². The van der Waals surface area contributed by atoms with E-state index in [0.29, 0.717) is 19.6 Å². The van der Waals surface area contributed by atoms with Gasteiger partial charge >= 0.3 is 0 Å². The zero-order valence-corrected chi connectivity index (χ0v) is 12.9. The number of aryl methyl sites for hydroxylation is 1. The van der Waals surface area contributed by atoms with Crippen molar-refractivity contribution in [2.24, 2.45) is 0 Å². The molecule has 1 N–H and O–H groups in total. The first-order valence-electron chi connectivity index (χ1n) is 7.32. The van der Waals surface area contributed by atoms with E-state index in [1.54, 1.807) is 12.5 Å². The molecule has 1 aliphatic rings. The smallest absolute Gasteiger partial charge is 0.187 e. The summed E-state index contributed by atoms with van der Waals surface area (Å²) in [6.45, 7) is 0.926. The third-order valence-corrected chi connectivity index (χ3v) is 4.06. The summed E-state index contributed by atoms with van der Waals surface area (Å²) in [6.07, 6.45) is 6.58. The van der Waals surface area contributed by atoms with Crippen molar-refractivity contribution < 1.29 is 14.6 Å². The maximum Gasteiger partial charge on any atom is 0.187 e. The Morgan fingerprint density at radius 1 is 1.36 bits per heavy atom. The van der Waals surface area contributed by atoms with E-state index >= 15 is 0 Å². The minimum atomic E-state index is -0.728. The molecule has 1 aromatic heterocycles. The van der Waals surface area contributed by atoms with Crippen LogP contribution in [0.1, 0.15) is 12.0 Å². The minimum Gasteiger partial charge on any atom is -0.394 e. The quantitative estimate of drug-likeness (QED) is 0.886. The maximum atomic E-state index is 9.30. The molecule has 3 rings (SSSR count). The number of hydrogen-bond acceptors (Lipinski definition) is 4. The van der Waals surface area contributed by atoms with Gasteiger partial charge in [0, 0.05) is 23.8 Å². The molecule has 2 atom stereocenters. The van der Waals surface area contributed by atoms with Crippen molar-refractivity contribution in [3.8, 4) is 0 Å². The third-order valence-electron chi connectivity index (χ3n) is 3.81. The van der Waals surface area contributed by atoms with Crippen molar-refractivity contribution >= 4 is 11.6 Å². The van der Waals surface area contributed by atoms with E-state index in [1.807, 2.05) is 35.0 Å². The fourth-order valence-corrected chi connectivity index (χ4v) is 2.77. The lowest BCUT2D eigenvalue weighted by Gasteiger charge is -2.28. The van der Waals surface area contributed by atoms with E-state index in [1.165, 1.54) is 5.56 Å². The highest BCUT2D eigenvalue weighted by Gasteiger charge is 2.41. The van der Waals surface area contributed by atoms with Crippen LogP contribution in [0.15, 0.2) is 43.0 Å². The monoisotopic (exact) mass is 322 g/mol. The molecular formula is C16H19ClN2O3. The van der Waals surface area contributed by atoms with Gasteiger partial charge in [-0.3, -0.25) is 0 Å². The molecule has 0 amide bonds. The van der Waals surface area contributed by atoms with Crippen LogP contribution in [0.3, 0.4) is 0 Å². The first kappa shape index (κ1) is 15.5. The molecule has 0 unspecified atom stereocenters. The van der Waals surface area contributed by atoms with Gasteiger partial charge in [-0.15, -0.1) is 0 Å². The molecule has 0 bridgehead atoms. The highest BCUT2D eigenvalue weighted by Crippen LogP contribution is 2.30. The van der Waals surface area contributed by atoms with Crippen LogP contribution in [0, 0.1) is 0 Å². The molecular weight excluding hydrogens is 304 g/mol. The summed E-state index contributed by atoms with van der Waals surface area (Å²) in [5.41, 5.74) is 1.18. The minimum absolute atomic E-state index is 0.0351. The van der Waals surface area contributed by atoms with Crippen LogP contribution >= 0.6 is 11.6 Å². The predicted octanol–water partition coefficient (Wildman–Crippen LogP) is 2.27. The van der Waals surface area contributed by atoms with Gasteiger partial charge in [-0.25, -0.2) is 4.98 Å². The van der Waals surface area contributed by atoms with Crippen LogP contribution in [0.2, 0.25) is 5.02 Å². The number of rotatable bonds is 6. The number of ether oxygens (including phenoxy) is 2. The first-order chi connectivity index (χ1) is 10.7. The van der Waals surface area contributed by atoms with Gasteiger partial charge in [0.05, 0.1) is 26.1 Å². The van der Waals surface area contributed by atoms with Gasteiger partial charge in [-0.1, -0.05) is 23.7 Å². The van der Waals surface area contributed by atoms with Crippen molar-refractivity contribution in [3.63, 3.8) is 0 Å². The molecule has 5 nitrogen and oxygen atoms in total. The SMILES string of the molecule is OC[C@@H]1CO[C@](CCc2ccc(Cl)cc2)(Cn2ccnc2)O1. The van der Waals surface area contributed by atoms with Crippen molar-refractivity contribution in [1.82, 2.24) is 9.55 Å². The van der Waals surface area contributed by atoms with E-state index in [9.17, 15) is 5.11 Å². The molecule has 2 aromatic rings. The fourth-order valence-electron chi connectivity index (χ4n) is 2.64. The normalized spacial score (nSPS) is 24.7. The zero-order chi connectivity index (χ0) is 15.4. The second kappa shape index (κ2) is 6.79. The van der Waals surface area contributed by atoms with E-state index in [-0.39, 0.29) is 12.7 Å². The molecule has 2 heterocycles. The Balaban J connectivity index is 1.70. The van der Waals surface area contributed by atoms with Crippen LogP contribution in [0.25, 0.3) is 0 Å². The molecule has 0 aliphatic carbocycles. The summed E-state index contributed by atoms with van der Waals surface area (Å²) in [4.78, 5) is 4.05. The van der Waals surface area contributed by atoms with Crippen LogP contribution in [0.4, 0.5) is 0 Å². The average Bonchev–Trinajstić information content (AvgIpc) is 3.17. The zero-order valence-electron chi connectivity index (χ0n) is 12.2. The lowest BCUT2D eigenvalue weighted by Crippen LogP contribution is -2.37. The molecule has 0 radical (unpaired) electrons. The largest absolute Gasteiger partial charge is 0.394 e. The second-order valence-corrected chi connectivity index (χ2v) is 5.94. The second-order valence-electron chi connectivity index (χ2n) is 5.51. The third kappa shape index (κ3) is 3.67. The molecule has 1 saturated heterocycles. The van der Waals surface area contributed by atoms with E-state index in [2.05, 4.69) is 4.98 Å². The van der Waals surface area contributed by atoms with Crippen LogP contribution in [0.5, 0.6) is 0 Å². The van der Waals surface area contributed by atoms with Gasteiger partial charge < -0.3 is 19.1 Å². The van der Waals surface area contributed by atoms with Gasteiger partial charge in [0.2, 0.25) is 0 Å². The number of halogens is 1. The topological polar surface area (TPSA) is 56.5 Å². The number of hydrogen-bond donors (Lipinski definition) is 1. The van der Waals surface area contributed by atoms with Crippen molar-refractivity contribution in [2.75, 3.05) is 13.2 Å². The van der Waals surface area contributed by atoms with Crippen LogP contribution in [-0.4, -0.2) is 39.8 Å². The van der Waals surface area contributed by atoms with Crippen molar-refractivity contribution in [2.45, 2.75) is 31.3 Å². The Hall–Kier alpha value is -1.40. The molecule has 1 fully saturated rings. The number of aromatic nitrogens is 2. The van der Waals surface area contributed by atoms with Gasteiger partial charge in [-0.2, -0.15) is 0 Å². The number of aliphatic hydroxyl groups excluding tert-OH is 1. The molecule has 1 aliphatic heterocycles. The average molecular weight is 323 g/mol. The Labute approximate surface area is 134 Å². The number of imidazole rings is 1. The van der Waals surface area contributed by atoms with Gasteiger partial charge in [0.25, 0.3) is 0 Å². The highest BCUT2D eigenvalue weighted by atomic mass is 35.5. The molecule has 1 aromatic carbocycles. The van der Waals surface area contributed by atoms with Crippen LogP contribution in [-0.2, 0) is 22.4 Å². The molecule has 0 saturated carbocycles. The van der Waals surface area contributed by atoms with Crippen LogP contribution < -0.4 is 0 Å². The molecule has 0 spiro atoms. The summed E-state index contributed by atoms with van der Waals surface area (Å²) >= 11 is 5.91. The van der Waals surface area contributed by atoms with Crippen molar-refractivity contribution in [1.29, 1.82) is 0 Å². The Morgan fingerprint density at radius 3 is 2.82 bits per heavy atom. The van der Waals surface area contributed by atoms with Crippen molar-refractivity contribution in [3.05, 3.63) is 53.6 Å². The summed E-state index contributed by atoms with van der Waals surface area (Å²) in [5.74, 6) is -0.728. The number of nitrogens with zero attached hydrogens (tertiary/aromatic N) is 2. The predicted molar refractivity (Wildman–Crippen MR) is 82.6 cm³/mol. The molecule has 118 valence electrons. The maximum absolute atomic E-state index is 9.30. The number of aliphatic hydroxyl groups is 1. The standard InChI is InChI=1S/C16H19ClN2O3/c17-14-3-1-13(2-4-14)5-6-16(11-19-8-7-18-12-19)21-10-15(9-20)22-16/h1-4,7-8,12,15,20H,5-6,9-11H2/t15-,16+/m1/s1. The Kier molecular flexibility index (Phi) is 4.78. The summed E-state index contributed by atoms with van der Waals surface area (Å²) in [7, 11) is 0. The van der Waals surface area contributed by atoms with Gasteiger partial charge in [-0.05, 0) is 24.1 Å². The molecule has 22 heavy (non-hydrogen) atoms. The highest BCUT2D eigenvalue weighted by molar-refractivity contribution is 6.30. The van der Waals surface area contributed by atoms with E-state index < -0.39 is 5.79 Å². The summed E-state index contributed by atoms with van der Waals surface area (Å²) < 4.78 is 13.8. The Bertz CT molecular complexity index is 588. The molecule has 6 heteroatoms. The lowest BCUT2D eigenvalue weighted by molar-refractivity contribution is -0.185. The lowest BCUT2D eigenvalue weighted by atomic mass is 10.0. The summed E-state index contributed by atoms with van der Waals surface area (Å²) in [5, 5.41) is 10.0. The Morgan fingerprint density at radius 2 is 2.18 bits per heavy atom.